The second kappa shape index (κ2) is 1.40. The molecule has 0 aromatic rings. The minimum atomic E-state index is -0.456. The highest BCUT2D eigenvalue weighted by molar-refractivity contribution is 5.96. The fourth-order valence-corrected chi connectivity index (χ4v) is 0.417. The first-order valence-electron chi connectivity index (χ1n) is 2.06. The number of nitrogens with two attached hydrogens (primary N) is 1. The van der Waals surface area contributed by atoms with Crippen molar-refractivity contribution in [3.05, 3.63) is 11.6 Å². The summed E-state index contributed by atoms with van der Waals surface area (Å²) in [6.45, 7) is -0.127. The molecule has 1 heterocycles. The number of Topliss-reactive ketones (excluding diaryl/α,β-unsaturated/α-hetero) is 1. The Labute approximate surface area is 45.5 Å². The molecule has 0 spiro atoms. The monoisotopic (exact) mass is 115 g/mol. The molecule has 0 saturated carbocycles. The van der Waals surface area contributed by atoms with Crippen molar-refractivity contribution >= 4 is 5.78 Å². The lowest BCUT2D eigenvalue weighted by Crippen LogP contribution is -2.00. The summed E-state index contributed by atoms with van der Waals surface area (Å²) in [5.74, 6) is -1.08. The van der Waals surface area contributed by atoms with Gasteiger partial charge in [0.05, 0.1) is 0 Å². The van der Waals surface area contributed by atoms with E-state index in [1.807, 2.05) is 0 Å². The van der Waals surface area contributed by atoms with Gasteiger partial charge in [-0.2, -0.15) is 0 Å². The van der Waals surface area contributed by atoms with Crippen LogP contribution in [0.2, 0.25) is 0 Å². The van der Waals surface area contributed by atoms with Gasteiger partial charge in [-0.1, -0.05) is 0 Å². The first kappa shape index (κ1) is 4.96. The number of hydrogen-bond donors (Lipinski definition) is 2. The van der Waals surface area contributed by atoms with Crippen LogP contribution in [-0.4, -0.2) is 17.5 Å². The largest absolute Gasteiger partial charge is 0.501 e. The van der Waals surface area contributed by atoms with Crippen LogP contribution >= 0.6 is 0 Å². The Bertz CT molecular complexity index is 161. The van der Waals surface area contributed by atoms with Gasteiger partial charge in [0.1, 0.15) is 0 Å². The van der Waals surface area contributed by atoms with Crippen molar-refractivity contribution in [3.8, 4) is 0 Å². The molecule has 0 bridgehead atoms. The average Bonchev–Trinajstić information content (AvgIpc) is 1.98. The molecule has 0 saturated heterocycles. The number of carbonyl (C=O) groups excluding carboxylic acids is 1. The summed E-state index contributed by atoms with van der Waals surface area (Å²) in [6, 6.07) is 0. The van der Waals surface area contributed by atoms with Crippen LogP contribution in [-0.2, 0) is 9.53 Å². The van der Waals surface area contributed by atoms with Crippen molar-refractivity contribution in [1.82, 2.24) is 0 Å². The Kier molecular flexibility index (Phi) is 0.865. The standard InChI is InChI=1S/C4H5NO3/c5-4-3(7)2(6)1-8-4/h7H,1,5H2. The first-order chi connectivity index (χ1) is 3.72. The van der Waals surface area contributed by atoms with Crippen LogP contribution in [0, 0.1) is 0 Å². The summed E-state index contributed by atoms with van der Waals surface area (Å²) in [5.41, 5.74) is 4.96. The Balaban J connectivity index is 2.86. The fraction of sp³-hybridized carbons (Fsp3) is 0.250. The van der Waals surface area contributed by atoms with E-state index in [4.69, 9.17) is 10.8 Å². The van der Waals surface area contributed by atoms with E-state index >= 15 is 0 Å². The SMILES string of the molecule is NC1=C(O)C(=O)CO1. The Morgan fingerprint density at radius 2 is 2.38 bits per heavy atom. The zero-order valence-corrected chi connectivity index (χ0v) is 4.05. The first-order valence-corrected chi connectivity index (χ1v) is 2.06. The number of aliphatic hydroxyl groups is 1. The molecule has 1 rings (SSSR count). The lowest BCUT2D eigenvalue weighted by molar-refractivity contribution is -0.118. The third-order valence-electron chi connectivity index (χ3n) is 0.856. The molecule has 3 N–H and O–H groups in total. The molecular formula is C4H5NO3. The van der Waals surface area contributed by atoms with Crippen LogP contribution in [0.5, 0.6) is 0 Å². The number of hydrogen-bond acceptors (Lipinski definition) is 4. The highest BCUT2D eigenvalue weighted by Gasteiger charge is 2.21. The highest BCUT2D eigenvalue weighted by Crippen LogP contribution is 2.06. The van der Waals surface area contributed by atoms with E-state index in [0.717, 1.165) is 0 Å². The van der Waals surface area contributed by atoms with Gasteiger partial charge in [0.15, 0.2) is 6.61 Å². The maximum absolute atomic E-state index is 10.3. The van der Waals surface area contributed by atoms with E-state index in [1.54, 1.807) is 0 Å². The zero-order chi connectivity index (χ0) is 6.15. The van der Waals surface area contributed by atoms with E-state index in [0.29, 0.717) is 0 Å². The number of carbonyl (C=O) groups is 1. The molecule has 4 heteroatoms. The van der Waals surface area contributed by atoms with Gasteiger partial charge in [-0.15, -0.1) is 0 Å². The zero-order valence-electron chi connectivity index (χ0n) is 4.05. The van der Waals surface area contributed by atoms with Crippen LogP contribution < -0.4 is 5.73 Å². The molecule has 1 aliphatic rings. The molecule has 1 aliphatic heterocycles. The van der Waals surface area contributed by atoms with Crippen molar-refractivity contribution in [1.29, 1.82) is 0 Å². The summed E-state index contributed by atoms with van der Waals surface area (Å²) in [7, 11) is 0. The molecule has 0 amide bonds. The third-order valence-corrected chi connectivity index (χ3v) is 0.856. The quantitative estimate of drug-likeness (QED) is 0.436. The van der Waals surface area contributed by atoms with Gasteiger partial charge in [-0.05, 0) is 0 Å². The maximum atomic E-state index is 10.3. The molecule has 0 aromatic heterocycles. The van der Waals surface area contributed by atoms with E-state index in [1.165, 1.54) is 0 Å². The lowest BCUT2D eigenvalue weighted by atomic mass is 10.4. The molecule has 44 valence electrons. The van der Waals surface area contributed by atoms with Gasteiger partial charge in [-0.3, -0.25) is 4.79 Å². The molecule has 0 aromatic carbocycles. The minimum absolute atomic E-state index is 0.127. The maximum Gasteiger partial charge on any atom is 0.240 e. The van der Waals surface area contributed by atoms with Crippen LogP contribution in [0.15, 0.2) is 11.6 Å². The second-order valence-corrected chi connectivity index (χ2v) is 1.42. The Hall–Kier alpha value is -1.19. The second-order valence-electron chi connectivity index (χ2n) is 1.42. The average molecular weight is 115 g/mol. The molecule has 0 unspecified atom stereocenters. The predicted octanol–water partition coefficient (Wildman–Crippen LogP) is -0.728. The van der Waals surface area contributed by atoms with Crippen LogP contribution in [0.4, 0.5) is 0 Å². The normalized spacial score (nSPS) is 19.2. The number of ketones is 1. The van der Waals surface area contributed by atoms with E-state index < -0.39 is 11.5 Å². The van der Waals surface area contributed by atoms with E-state index in [-0.39, 0.29) is 12.5 Å². The fourth-order valence-electron chi connectivity index (χ4n) is 0.417. The predicted molar refractivity (Wildman–Crippen MR) is 24.8 cm³/mol. The topological polar surface area (TPSA) is 72.5 Å². The van der Waals surface area contributed by atoms with Crippen molar-refractivity contribution in [2.75, 3.05) is 6.61 Å². The number of rotatable bonds is 0. The van der Waals surface area contributed by atoms with Gasteiger partial charge in [-0.25, -0.2) is 0 Å². The highest BCUT2D eigenvalue weighted by atomic mass is 16.5. The lowest BCUT2D eigenvalue weighted by Gasteiger charge is -1.88. The molecular weight excluding hydrogens is 110 g/mol. The van der Waals surface area contributed by atoms with Gasteiger partial charge in [0.2, 0.25) is 17.4 Å². The molecule has 0 aliphatic carbocycles. The molecule has 8 heavy (non-hydrogen) atoms. The smallest absolute Gasteiger partial charge is 0.240 e. The van der Waals surface area contributed by atoms with Gasteiger partial charge >= 0.3 is 0 Å². The number of aliphatic hydroxyl groups excluding tert-OH is 1. The van der Waals surface area contributed by atoms with Crippen molar-refractivity contribution in [3.63, 3.8) is 0 Å². The number of ether oxygens (including phenoxy) is 1. The Morgan fingerprint density at radius 3 is 2.50 bits per heavy atom. The van der Waals surface area contributed by atoms with Crippen molar-refractivity contribution in [2.24, 2.45) is 5.73 Å². The summed E-state index contributed by atoms with van der Waals surface area (Å²) in [5, 5.41) is 8.55. The van der Waals surface area contributed by atoms with Gasteiger partial charge < -0.3 is 15.6 Å². The van der Waals surface area contributed by atoms with E-state index in [9.17, 15) is 4.79 Å². The van der Waals surface area contributed by atoms with Crippen LogP contribution in [0.3, 0.4) is 0 Å². The summed E-state index contributed by atoms with van der Waals surface area (Å²) < 4.78 is 4.44. The van der Waals surface area contributed by atoms with Gasteiger partial charge in [0, 0.05) is 0 Å². The van der Waals surface area contributed by atoms with Crippen LogP contribution in [0.1, 0.15) is 0 Å². The van der Waals surface area contributed by atoms with Crippen molar-refractivity contribution < 1.29 is 14.6 Å². The summed E-state index contributed by atoms with van der Waals surface area (Å²) in [6.07, 6.45) is 0. The summed E-state index contributed by atoms with van der Waals surface area (Å²) in [4.78, 5) is 10.3. The molecule has 4 nitrogen and oxygen atoms in total. The van der Waals surface area contributed by atoms with Gasteiger partial charge in [0.25, 0.3) is 0 Å². The molecule has 0 radical (unpaired) electrons. The third kappa shape index (κ3) is 0.501. The van der Waals surface area contributed by atoms with E-state index in [2.05, 4.69) is 4.74 Å². The molecule has 0 fully saturated rings. The van der Waals surface area contributed by atoms with Crippen LogP contribution in [0.25, 0.3) is 0 Å². The summed E-state index contributed by atoms with van der Waals surface area (Å²) >= 11 is 0. The Morgan fingerprint density at radius 1 is 1.75 bits per heavy atom. The molecule has 0 atom stereocenters. The van der Waals surface area contributed by atoms with Crippen molar-refractivity contribution in [2.45, 2.75) is 0 Å². The minimum Gasteiger partial charge on any atom is -0.501 e.